The molecule has 2 unspecified atom stereocenters. The van der Waals surface area contributed by atoms with Crippen molar-refractivity contribution in [2.75, 3.05) is 13.7 Å². The van der Waals surface area contributed by atoms with Crippen LogP contribution in [0.25, 0.3) is 0 Å². The number of benzene rings is 1. The molecule has 94 valence electrons. The molecule has 2 rings (SSSR count). The SMILES string of the molecule is COCCCC1CCCc2ccccc2C1Cl. The van der Waals surface area contributed by atoms with Gasteiger partial charge < -0.3 is 4.74 Å². The van der Waals surface area contributed by atoms with Crippen molar-refractivity contribution in [2.45, 2.75) is 37.5 Å². The van der Waals surface area contributed by atoms with Gasteiger partial charge in [0.25, 0.3) is 0 Å². The Kier molecular flexibility index (Phi) is 4.87. The second kappa shape index (κ2) is 6.42. The van der Waals surface area contributed by atoms with Crippen LogP contribution in [0.2, 0.25) is 0 Å². The smallest absolute Gasteiger partial charge is 0.0616 e. The average molecular weight is 253 g/mol. The Morgan fingerprint density at radius 3 is 3.00 bits per heavy atom. The molecule has 1 aromatic rings. The monoisotopic (exact) mass is 252 g/mol. The van der Waals surface area contributed by atoms with E-state index in [1.165, 1.54) is 36.8 Å². The van der Waals surface area contributed by atoms with E-state index in [2.05, 4.69) is 24.3 Å². The van der Waals surface area contributed by atoms with Gasteiger partial charge in [0.15, 0.2) is 0 Å². The van der Waals surface area contributed by atoms with Crippen molar-refractivity contribution in [2.24, 2.45) is 5.92 Å². The number of halogens is 1. The lowest BCUT2D eigenvalue weighted by molar-refractivity contribution is 0.185. The number of fused-ring (bicyclic) bond motifs is 1. The normalized spacial score (nSPS) is 24.1. The summed E-state index contributed by atoms with van der Waals surface area (Å²) in [4.78, 5) is 0. The van der Waals surface area contributed by atoms with Crippen LogP contribution in [0.5, 0.6) is 0 Å². The second-order valence-electron chi connectivity index (χ2n) is 4.89. The minimum absolute atomic E-state index is 0.186. The van der Waals surface area contributed by atoms with E-state index in [1.54, 1.807) is 7.11 Å². The quantitative estimate of drug-likeness (QED) is 0.440. The first-order valence-corrected chi connectivity index (χ1v) is 6.97. The van der Waals surface area contributed by atoms with Crippen molar-refractivity contribution >= 4 is 11.6 Å². The van der Waals surface area contributed by atoms with Crippen molar-refractivity contribution in [3.63, 3.8) is 0 Å². The maximum atomic E-state index is 6.66. The van der Waals surface area contributed by atoms with Gasteiger partial charge in [0.2, 0.25) is 0 Å². The minimum Gasteiger partial charge on any atom is -0.385 e. The fourth-order valence-electron chi connectivity index (χ4n) is 2.77. The van der Waals surface area contributed by atoms with Gasteiger partial charge in [-0.1, -0.05) is 24.3 Å². The molecule has 1 aliphatic rings. The summed E-state index contributed by atoms with van der Waals surface area (Å²) in [6.07, 6.45) is 5.98. The van der Waals surface area contributed by atoms with E-state index in [4.69, 9.17) is 16.3 Å². The molecular weight excluding hydrogens is 232 g/mol. The van der Waals surface area contributed by atoms with Gasteiger partial charge in [-0.25, -0.2) is 0 Å². The molecule has 0 N–H and O–H groups in total. The summed E-state index contributed by atoms with van der Waals surface area (Å²) in [6.45, 7) is 0.849. The number of hydrogen-bond donors (Lipinski definition) is 0. The average Bonchev–Trinajstić information content (AvgIpc) is 2.51. The van der Waals surface area contributed by atoms with Crippen molar-refractivity contribution < 1.29 is 4.74 Å². The zero-order chi connectivity index (χ0) is 12.1. The number of hydrogen-bond acceptors (Lipinski definition) is 1. The third-order valence-electron chi connectivity index (χ3n) is 3.71. The number of alkyl halides is 1. The van der Waals surface area contributed by atoms with Crippen LogP contribution in [0.1, 0.15) is 42.2 Å². The van der Waals surface area contributed by atoms with E-state index >= 15 is 0 Å². The fourth-order valence-corrected chi connectivity index (χ4v) is 3.23. The fraction of sp³-hybridized carbons (Fsp3) is 0.600. The van der Waals surface area contributed by atoms with E-state index in [0.717, 1.165) is 13.0 Å². The van der Waals surface area contributed by atoms with Gasteiger partial charge in [0.1, 0.15) is 0 Å². The van der Waals surface area contributed by atoms with Crippen molar-refractivity contribution in [1.82, 2.24) is 0 Å². The predicted molar refractivity (Wildman–Crippen MR) is 72.6 cm³/mol. The molecule has 0 amide bonds. The van der Waals surface area contributed by atoms with Crippen molar-refractivity contribution in [3.8, 4) is 0 Å². The lowest BCUT2D eigenvalue weighted by atomic mass is 9.92. The Morgan fingerprint density at radius 2 is 2.18 bits per heavy atom. The maximum Gasteiger partial charge on any atom is 0.0616 e. The van der Waals surface area contributed by atoms with Gasteiger partial charge in [0, 0.05) is 13.7 Å². The summed E-state index contributed by atoms with van der Waals surface area (Å²) >= 11 is 6.66. The van der Waals surface area contributed by atoms with Crippen LogP contribution < -0.4 is 0 Å². The van der Waals surface area contributed by atoms with Gasteiger partial charge in [-0.15, -0.1) is 11.6 Å². The van der Waals surface area contributed by atoms with E-state index in [1.807, 2.05) is 0 Å². The largest absolute Gasteiger partial charge is 0.385 e. The predicted octanol–water partition coefficient (Wildman–Crippen LogP) is 4.35. The zero-order valence-electron chi connectivity index (χ0n) is 10.5. The highest BCUT2D eigenvalue weighted by Crippen LogP contribution is 2.39. The molecule has 0 fully saturated rings. The van der Waals surface area contributed by atoms with Crippen LogP contribution in [-0.2, 0) is 11.2 Å². The molecule has 2 heteroatoms. The van der Waals surface area contributed by atoms with E-state index in [9.17, 15) is 0 Å². The van der Waals surface area contributed by atoms with Crippen LogP contribution >= 0.6 is 11.6 Å². The molecule has 1 nitrogen and oxygen atoms in total. The highest BCUT2D eigenvalue weighted by molar-refractivity contribution is 6.21. The molecule has 0 spiro atoms. The Hall–Kier alpha value is -0.530. The van der Waals surface area contributed by atoms with Crippen LogP contribution in [0, 0.1) is 5.92 Å². The summed E-state index contributed by atoms with van der Waals surface area (Å²) in [5.74, 6) is 0.607. The third kappa shape index (κ3) is 3.23. The molecule has 0 aromatic heterocycles. The van der Waals surface area contributed by atoms with Crippen LogP contribution in [-0.4, -0.2) is 13.7 Å². The van der Waals surface area contributed by atoms with Gasteiger partial charge in [-0.2, -0.15) is 0 Å². The Labute approximate surface area is 109 Å². The number of rotatable bonds is 4. The van der Waals surface area contributed by atoms with Crippen LogP contribution in [0.3, 0.4) is 0 Å². The van der Waals surface area contributed by atoms with Gasteiger partial charge in [-0.3, -0.25) is 0 Å². The molecular formula is C15H21ClO. The summed E-state index contributed by atoms with van der Waals surface area (Å²) in [5.41, 5.74) is 2.80. The van der Waals surface area contributed by atoms with Crippen molar-refractivity contribution in [1.29, 1.82) is 0 Å². The van der Waals surface area contributed by atoms with Crippen LogP contribution in [0.4, 0.5) is 0 Å². The van der Waals surface area contributed by atoms with Crippen LogP contribution in [0.15, 0.2) is 24.3 Å². The maximum absolute atomic E-state index is 6.66. The summed E-state index contributed by atoms with van der Waals surface area (Å²) in [6, 6.07) is 8.64. The van der Waals surface area contributed by atoms with Gasteiger partial charge >= 0.3 is 0 Å². The minimum atomic E-state index is 0.186. The topological polar surface area (TPSA) is 9.23 Å². The van der Waals surface area contributed by atoms with Crippen molar-refractivity contribution in [3.05, 3.63) is 35.4 Å². The first-order chi connectivity index (χ1) is 8.33. The highest BCUT2D eigenvalue weighted by atomic mass is 35.5. The second-order valence-corrected chi connectivity index (χ2v) is 5.36. The molecule has 0 radical (unpaired) electrons. The molecule has 1 aromatic carbocycles. The zero-order valence-corrected chi connectivity index (χ0v) is 11.2. The lowest BCUT2D eigenvalue weighted by Gasteiger charge is -2.21. The first-order valence-electron chi connectivity index (χ1n) is 6.53. The third-order valence-corrected chi connectivity index (χ3v) is 4.30. The molecule has 17 heavy (non-hydrogen) atoms. The molecule has 1 aliphatic carbocycles. The number of ether oxygens (including phenoxy) is 1. The Balaban J connectivity index is 2.06. The standard InChI is InChI=1S/C15H21ClO/c1-17-11-5-9-13-8-4-7-12-6-2-3-10-14(12)15(13)16/h2-3,6,10,13,15H,4-5,7-9,11H2,1H3. The summed E-state index contributed by atoms with van der Waals surface area (Å²) < 4.78 is 5.13. The number of aryl methyl sites for hydroxylation is 1. The molecule has 2 atom stereocenters. The first kappa shape index (κ1) is 12.9. The highest BCUT2D eigenvalue weighted by Gasteiger charge is 2.25. The van der Waals surface area contributed by atoms with E-state index in [0.29, 0.717) is 5.92 Å². The molecule has 0 aliphatic heterocycles. The summed E-state index contributed by atoms with van der Waals surface area (Å²) in [5, 5.41) is 0.186. The Bertz CT molecular complexity index is 351. The molecule has 0 heterocycles. The molecule has 0 bridgehead atoms. The molecule has 0 saturated heterocycles. The lowest BCUT2D eigenvalue weighted by Crippen LogP contribution is -2.08. The van der Waals surface area contributed by atoms with Gasteiger partial charge in [-0.05, 0) is 49.1 Å². The van der Waals surface area contributed by atoms with Gasteiger partial charge in [0.05, 0.1) is 5.38 Å². The molecule has 0 saturated carbocycles. The Morgan fingerprint density at radius 1 is 1.35 bits per heavy atom. The number of methoxy groups -OCH3 is 1. The van der Waals surface area contributed by atoms with E-state index in [-0.39, 0.29) is 5.38 Å². The van der Waals surface area contributed by atoms with E-state index < -0.39 is 0 Å². The summed E-state index contributed by atoms with van der Waals surface area (Å²) in [7, 11) is 1.76.